The van der Waals surface area contributed by atoms with E-state index in [4.69, 9.17) is 18.9 Å². The fourth-order valence-electron chi connectivity index (χ4n) is 6.29. The standard InChI is InChI=1S/C51H89NO8/c1-6-8-10-12-14-16-18-20-22-24-26-27-29-31-33-35-37-39-41-48(53)58-45-47(46-59-51(50(55)56)57-44-43-52(3,4)5)60-49(54)42-40-38-36-34-32-30-28-25-23-21-19-17-15-13-11-9-7-2/h9,11,15-18,21-24,47,51H,6-8,10,12-14,19-20,25-46H2,1-5H3/p+1/b11-9-,17-15-,18-16-,23-21-,24-22-. The van der Waals surface area contributed by atoms with Gasteiger partial charge in [0.1, 0.15) is 13.2 Å². The number of ether oxygens (including phenoxy) is 4. The summed E-state index contributed by atoms with van der Waals surface area (Å²) in [6, 6.07) is 0. The summed E-state index contributed by atoms with van der Waals surface area (Å²) in [5.41, 5.74) is 0. The molecule has 346 valence electrons. The monoisotopic (exact) mass is 845 g/mol. The highest BCUT2D eigenvalue weighted by Gasteiger charge is 2.25. The lowest BCUT2D eigenvalue weighted by Gasteiger charge is -2.25. The number of likely N-dealkylation sites (N-methyl/N-ethyl adjacent to an activating group) is 1. The molecule has 60 heavy (non-hydrogen) atoms. The van der Waals surface area contributed by atoms with Crippen molar-refractivity contribution in [2.45, 2.75) is 200 Å². The van der Waals surface area contributed by atoms with Gasteiger partial charge in [-0.15, -0.1) is 0 Å². The van der Waals surface area contributed by atoms with Crippen molar-refractivity contribution >= 4 is 17.9 Å². The minimum Gasteiger partial charge on any atom is -0.477 e. The molecular formula is C51H90NO8+. The number of rotatable bonds is 43. The van der Waals surface area contributed by atoms with Gasteiger partial charge in [-0.3, -0.25) is 9.59 Å². The van der Waals surface area contributed by atoms with Crippen molar-refractivity contribution in [2.24, 2.45) is 0 Å². The lowest BCUT2D eigenvalue weighted by molar-refractivity contribution is -0.870. The largest absolute Gasteiger partial charge is 0.477 e. The minimum atomic E-state index is -1.52. The molecule has 0 amide bonds. The fourth-order valence-corrected chi connectivity index (χ4v) is 6.29. The van der Waals surface area contributed by atoms with Crippen molar-refractivity contribution in [3.63, 3.8) is 0 Å². The lowest BCUT2D eigenvalue weighted by atomic mass is 10.1. The molecule has 0 aliphatic rings. The van der Waals surface area contributed by atoms with Crippen LogP contribution in [0.3, 0.4) is 0 Å². The van der Waals surface area contributed by atoms with E-state index in [1.165, 1.54) is 70.6 Å². The second-order valence-corrected chi connectivity index (χ2v) is 17.0. The Morgan fingerprint density at radius 3 is 1.42 bits per heavy atom. The Bertz CT molecular complexity index is 1170. The first kappa shape index (κ1) is 57.0. The Kier molecular flexibility index (Phi) is 40.5. The quantitative estimate of drug-likeness (QED) is 0.0212. The van der Waals surface area contributed by atoms with E-state index in [2.05, 4.69) is 74.6 Å². The molecule has 0 fully saturated rings. The molecule has 9 heteroatoms. The molecule has 0 saturated carbocycles. The van der Waals surface area contributed by atoms with Crippen LogP contribution in [0.1, 0.15) is 187 Å². The predicted octanol–water partition coefficient (Wildman–Crippen LogP) is 12.9. The Hall–Kier alpha value is -3.01. The number of hydrogen-bond acceptors (Lipinski definition) is 7. The van der Waals surface area contributed by atoms with Gasteiger partial charge in [-0.25, -0.2) is 4.79 Å². The van der Waals surface area contributed by atoms with Crippen LogP contribution in [0.5, 0.6) is 0 Å². The molecule has 0 aromatic carbocycles. The topological polar surface area (TPSA) is 108 Å². The number of carboxylic acids is 1. The smallest absolute Gasteiger partial charge is 0.361 e. The average molecular weight is 845 g/mol. The van der Waals surface area contributed by atoms with Crippen molar-refractivity contribution in [1.82, 2.24) is 0 Å². The number of carbonyl (C=O) groups excluding carboxylic acids is 2. The molecule has 0 rings (SSSR count). The Balaban J connectivity index is 4.43. The zero-order valence-electron chi connectivity index (χ0n) is 39.1. The van der Waals surface area contributed by atoms with Crippen molar-refractivity contribution in [3.05, 3.63) is 60.8 Å². The van der Waals surface area contributed by atoms with E-state index in [-0.39, 0.29) is 38.6 Å². The molecule has 2 unspecified atom stereocenters. The summed E-state index contributed by atoms with van der Waals surface area (Å²) in [5.74, 6) is -2.03. The molecule has 0 aromatic heterocycles. The van der Waals surface area contributed by atoms with E-state index in [9.17, 15) is 19.5 Å². The highest BCUT2D eigenvalue weighted by molar-refractivity contribution is 5.71. The molecular weight excluding hydrogens is 755 g/mol. The van der Waals surface area contributed by atoms with Gasteiger partial charge in [0.2, 0.25) is 0 Å². The molecule has 0 aromatic rings. The highest BCUT2D eigenvalue weighted by atomic mass is 16.7. The lowest BCUT2D eigenvalue weighted by Crippen LogP contribution is -2.40. The maximum Gasteiger partial charge on any atom is 0.361 e. The van der Waals surface area contributed by atoms with Gasteiger partial charge in [0.05, 0.1) is 34.4 Å². The maximum absolute atomic E-state index is 12.8. The number of quaternary nitrogens is 1. The first-order valence-corrected chi connectivity index (χ1v) is 24.0. The Morgan fingerprint density at radius 1 is 0.517 bits per heavy atom. The van der Waals surface area contributed by atoms with Crippen molar-refractivity contribution in [1.29, 1.82) is 0 Å². The molecule has 0 aliphatic heterocycles. The average Bonchev–Trinajstić information content (AvgIpc) is 3.21. The van der Waals surface area contributed by atoms with Gasteiger partial charge in [-0.2, -0.15) is 0 Å². The minimum absolute atomic E-state index is 0.182. The van der Waals surface area contributed by atoms with Crippen LogP contribution in [0.15, 0.2) is 60.8 Å². The highest BCUT2D eigenvalue weighted by Crippen LogP contribution is 2.14. The van der Waals surface area contributed by atoms with Gasteiger partial charge in [0.25, 0.3) is 6.29 Å². The van der Waals surface area contributed by atoms with Crippen molar-refractivity contribution in [3.8, 4) is 0 Å². The fraction of sp³-hybridized carbons (Fsp3) is 0.745. The molecule has 1 N–H and O–H groups in total. The zero-order valence-corrected chi connectivity index (χ0v) is 39.1. The number of nitrogens with zero attached hydrogens (tertiary/aromatic N) is 1. The molecule has 0 saturated heterocycles. The summed E-state index contributed by atoms with van der Waals surface area (Å²) in [4.78, 5) is 37.2. The molecule has 0 heterocycles. The van der Waals surface area contributed by atoms with Crippen LogP contribution in [0.2, 0.25) is 0 Å². The van der Waals surface area contributed by atoms with Crippen LogP contribution in [0, 0.1) is 0 Å². The Labute approximate surface area is 367 Å². The summed E-state index contributed by atoms with van der Waals surface area (Å²) in [7, 11) is 5.95. The second-order valence-electron chi connectivity index (χ2n) is 17.0. The Morgan fingerprint density at radius 2 is 0.950 bits per heavy atom. The van der Waals surface area contributed by atoms with Gasteiger partial charge in [-0.05, 0) is 77.0 Å². The number of hydrogen-bond donors (Lipinski definition) is 1. The third kappa shape index (κ3) is 43.1. The molecule has 0 radical (unpaired) electrons. The molecule has 0 aliphatic carbocycles. The van der Waals surface area contributed by atoms with Gasteiger partial charge < -0.3 is 28.5 Å². The van der Waals surface area contributed by atoms with Crippen LogP contribution in [0.4, 0.5) is 0 Å². The van der Waals surface area contributed by atoms with E-state index >= 15 is 0 Å². The van der Waals surface area contributed by atoms with Crippen LogP contribution < -0.4 is 0 Å². The van der Waals surface area contributed by atoms with Crippen LogP contribution in [-0.2, 0) is 33.3 Å². The summed E-state index contributed by atoms with van der Waals surface area (Å²) >= 11 is 0. The van der Waals surface area contributed by atoms with Gasteiger partial charge >= 0.3 is 17.9 Å². The number of esters is 2. The van der Waals surface area contributed by atoms with Gasteiger partial charge in [-0.1, -0.05) is 158 Å². The number of carbonyl (C=O) groups is 3. The molecule has 9 nitrogen and oxygen atoms in total. The van der Waals surface area contributed by atoms with Crippen molar-refractivity contribution < 1.29 is 42.9 Å². The summed E-state index contributed by atoms with van der Waals surface area (Å²) < 4.78 is 22.8. The van der Waals surface area contributed by atoms with E-state index < -0.39 is 24.3 Å². The number of aliphatic carboxylic acids is 1. The van der Waals surface area contributed by atoms with Crippen LogP contribution in [-0.4, -0.2) is 87.4 Å². The van der Waals surface area contributed by atoms with E-state index in [0.717, 1.165) is 83.5 Å². The van der Waals surface area contributed by atoms with Crippen molar-refractivity contribution in [2.75, 3.05) is 47.5 Å². The van der Waals surface area contributed by atoms with Gasteiger partial charge in [0, 0.05) is 12.8 Å². The van der Waals surface area contributed by atoms with E-state index in [1.54, 1.807) is 0 Å². The molecule has 2 atom stereocenters. The normalized spacial score (nSPS) is 13.4. The summed E-state index contributed by atoms with van der Waals surface area (Å²) in [6.07, 6.45) is 48.4. The summed E-state index contributed by atoms with van der Waals surface area (Å²) in [5, 5.41) is 9.65. The maximum atomic E-state index is 12.8. The molecule has 0 spiro atoms. The second kappa shape index (κ2) is 42.7. The first-order valence-electron chi connectivity index (χ1n) is 24.0. The number of allylic oxidation sites excluding steroid dienone is 10. The summed E-state index contributed by atoms with van der Waals surface area (Å²) in [6.45, 7) is 4.72. The third-order valence-electron chi connectivity index (χ3n) is 10.0. The van der Waals surface area contributed by atoms with E-state index in [0.29, 0.717) is 17.4 Å². The van der Waals surface area contributed by atoms with Crippen LogP contribution in [0.25, 0.3) is 0 Å². The zero-order chi connectivity index (χ0) is 44.2. The first-order chi connectivity index (χ1) is 29.1. The van der Waals surface area contributed by atoms with Gasteiger partial charge in [0.15, 0.2) is 6.10 Å². The number of carboxylic acid groups (broad SMARTS) is 1. The predicted molar refractivity (Wildman–Crippen MR) is 249 cm³/mol. The third-order valence-corrected chi connectivity index (χ3v) is 10.0. The molecule has 0 bridgehead atoms. The van der Waals surface area contributed by atoms with Crippen LogP contribution >= 0.6 is 0 Å². The SMILES string of the molecule is CC/C=C\C/C=C\C/C=C\CCCCCCCCCC(=O)OC(COC(=O)CCCCCCCCC/C=C\C/C=C\CCCCCC)COC(OCC[N+](C)(C)C)C(=O)O. The number of unbranched alkanes of at least 4 members (excludes halogenated alkanes) is 18. The van der Waals surface area contributed by atoms with E-state index in [1.807, 2.05) is 21.1 Å².